The minimum Gasteiger partial charge on any atom is -0.310 e. The van der Waals surface area contributed by atoms with Crippen LogP contribution in [-0.2, 0) is 6.54 Å². The second-order valence-corrected chi connectivity index (χ2v) is 6.32. The first-order chi connectivity index (χ1) is 8.05. The van der Waals surface area contributed by atoms with E-state index in [2.05, 4.69) is 50.4 Å². The van der Waals surface area contributed by atoms with E-state index in [1.165, 1.54) is 36.8 Å². The van der Waals surface area contributed by atoms with E-state index in [9.17, 15) is 0 Å². The Kier molecular flexibility index (Phi) is 3.88. The second kappa shape index (κ2) is 5.22. The summed E-state index contributed by atoms with van der Waals surface area (Å²) in [7, 11) is 0. The van der Waals surface area contributed by atoms with E-state index in [1.54, 1.807) is 0 Å². The van der Waals surface area contributed by atoms with Gasteiger partial charge in [-0.1, -0.05) is 50.1 Å². The fourth-order valence-corrected chi connectivity index (χ4v) is 2.84. The number of benzene rings is 1. The fraction of sp³-hybridized carbons (Fsp3) is 0.625. The third-order valence-electron chi connectivity index (χ3n) is 3.92. The lowest BCUT2D eigenvalue weighted by Gasteiger charge is -2.35. The Labute approximate surface area is 106 Å². The van der Waals surface area contributed by atoms with Gasteiger partial charge in [-0.3, -0.25) is 0 Å². The Morgan fingerprint density at radius 3 is 2.59 bits per heavy atom. The van der Waals surface area contributed by atoms with Gasteiger partial charge in [-0.05, 0) is 37.2 Å². The van der Waals surface area contributed by atoms with Gasteiger partial charge < -0.3 is 5.32 Å². The van der Waals surface area contributed by atoms with Gasteiger partial charge in [0.1, 0.15) is 0 Å². The molecule has 0 saturated heterocycles. The molecule has 0 spiro atoms. The first kappa shape index (κ1) is 12.6. The zero-order valence-corrected chi connectivity index (χ0v) is 11.4. The van der Waals surface area contributed by atoms with Crippen molar-refractivity contribution in [2.75, 3.05) is 0 Å². The maximum absolute atomic E-state index is 3.71. The van der Waals surface area contributed by atoms with Crippen LogP contribution < -0.4 is 5.32 Å². The average molecular weight is 231 g/mol. The molecule has 1 unspecified atom stereocenters. The number of hydrogen-bond acceptors (Lipinski definition) is 1. The Morgan fingerprint density at radius 1 is 1.24 bits per heavy atom. The third kappa shape index (κ3) is 3.85. The first-order valence-corrected chi connectivity index (χ1v) is 6.84. The molecule has 1 atom stereocenters. The maximum atomic E-state index is 3.71. The zero-order valence-electron chi connectivity index (χ0n) is 11.4. The van der Waals surface area contributed by atoms with Gasteiger partial charge in [0.25, 0.3) is 0 Å². The summed E-state index contributed by atoms with van der Waals surface area (Å²) in [5, 5.41) is 3.71. The Bertz CT molecular complexity index is 350. The lowest BCUT2D eigenvalue weighted by atomic mass is 9.75. The first-order valence-electron chi connectivity index (χ1n) is 6.84. The quantitative estimate of drug-likeness (QED) is 0.827. The van der Waals surface area contributed by atoms with Gasteiger partial charge in [-0.15, -0.1) is 0 Å². The van der Waals surface area contributed by atoms with Crippen molar-refractivity contribution in [1.29, 1.82) is 0 Å². The van der Waals surface area contributed by atoms with Gasteiger partial charge in [0.15, 0.2) is 0 Å². The standard InChI is InChI=1S/C16H25N/c1-13-6-8-14(9-7-13)12-17-15-5-4-10-16(2,3)11-15/h6-9,15,17H,4-5,10-12H2,1-3H3. The summed E-state index contributed by atoms with van der Waals surface area (Å²) in [6.45, 7) is 7.95. The van der Waals surface area contributed by atoms with Crippen LogP contribution in [0.2, 0.25) is 0 Å². The van der Waals surface area contributed by atoms with E-state index in [-0.39, 0.29) is 0 Å². The molecule has 94 valence electrons. The van der Waals surface area contributed by atoms with Crippen molar-refractivity contribution in [3.63, 3.8) is 0 Å². The van der Waals surface area contributed by atoms with Crippen LogP contribution in [-0.4, -0.2) is 6.04 Å². The Hall–Kier alpha value is -0.820. The summed E-state index contributed by atoms with van der Waals surface area (Å²) in [4.78, 5) is 0. The van der Waals surface area contributed by atoms with Crippen LogP contribution in [0.4, 0.5) is 0 Å². The minimum absolute atomic E-state index is 0.531. The number of aryl methyl sites for hydroxylation is 1. The number of hydrogen-bond donors (Lipinski definition) is 1. The van der Waals surface area contributed by atoms with Crippen molar-refractivity contribution in [3.05, 3.63) is 35.4 Å². The van der Waals surface area contributed by atoms with E-state index in [0.29, 0.717) is 11.5 Å². The molecule has 0 bridgehead atoms. The van der Waals surface area contributed by atoms with E-state index < -0.39 is 0 Å². The number of rotatable bonds is 3. The van der Waals surface area contributed by atoms with Crippen molar-refractivity contribution < 1.29 is 0 Å². The van der Waals surface area contributed by atoms with Gasteiger partial charge in [0, 0.05) is 12.6 Å². The molecular weight excluding hydrogens is 206 g/mol. The van der Waals surface area contributed by atoms with Crippen LogP contribution in [0.3, 0.4) is 0 Å². The molecule has 2 rings (SSSR count). The van der Waals surface area contributed by atoms with Crippen molar-refractivity contribution in [3.8, 4) is 0 Å². The topological polar surface area (TPSA) is 12.0 Å². The molecular formula is C16H25N. The predicted molar refractivity (Wildman–Crippen MR) is 74.1 cm³/mol. The van der Waals surface area contributed by atoms with Crippen LogP contribution >= 0.6 is 0 Å². The molecule has 1 heteroatoms. The van der Waals surface area contributed by atoms with Gasteiger partial charge in [-0.25, -0.2) is 0 Å². The van der Waals surface area contributed by atoms with Crippen molar-refractivity contribution in [2.45, 2.75) is 59.0 Å². The van der Waals surface area contributed by atoms with Crippen LogP contribution in [0, 0.1) is 12.3 Å². The van der Waals surface area contributed by atoms with E-state index >= 15 is 0 Å². The SMILES string of the molecule is Cc1ccc(CNC2CCCC(C)(C)C2)cc1. The summed E-state index contributed by atoms with van der Waals surface area (Å²) in [5.41, 5.74) is 3.27. The summed E-state index contributed by atoms with van der Waals surface area (Å²) < 4.78 is 0. The molecule has 1 aromatic carbocycles. The van der Waals surface area contributed by atoms with E-state index in [1.807, 2.05) is 0 Å². The lowest BCUT2D eigenvalue weighted by molar-refractivity contribution is 0.198. The highest BCUT2D eigenvalue weighted by Gasteiger charge is 2.27. The molecule has 0 radical (unpaired) electrons. The Morgan fingerprint density at radius 2 is 1.94 bits per heavy atom. The van der Waals surface area contributed by atoms with Gasteiger partial charge in [0.05, 0.1) is 0 Å². The highest BCUT2D eigenvalue weighted by molar-refractivity contribution is 5.21. The molecule has 1 N–H and O–H groups in total. The minimum atomic E-state index is 0.531. The third-order valence-corrected chi connectivity index (χ3v) is 3.92. The fourth-order valence-electron chi connectivity index (χ4n) is 2.84. The van der Waals surface area contributed by atoms with Crippen LogP contribution in [0.1, 0.15) is 50.7 Å². The van der Waals surface area contributed by atoms with Crippen LogP contribution in [0.5, 0.6) is 0 Å². The normalized spacial score (nSPS) is 23.6. The van der Waals surface area contributed by atoms with Crippen LogP contribution in [0.15, 0.2) is 24.3 Å². The molecule has 1 saturated carbocycles. The largest absolute Gasteiger partial charge is 0.310 e. The average Bonchev–Trinajstić information content (AvgIpc) is 2.27. The maximum Gasteiger partial charge on any atom is 0.0208 e. The molecule has 0 aromatic heterocycles. The molecule has 1 aromatic rings. The molecule has 0 heterocycles. The van der Waals surface area contributed by atoms with Crippen molar-refractivity contribution >= 4 is 0 Å². The monoisotopic (exact) mass is 231 g/mol. The lowest BCUT2D eigenvalue weighted by Crippen LogP contribution is -2.36. The van der Waals surface area contributed by atoms with Gasteiger partial charge >= 0.3 is 0 Å². The number of nitrogens with one attached hydrogen (secondary N) is 1. The summed E-state index contributed by atoms with van der Waals surface area (Å²) in [6.07, 6.45) is 5.42. The molecule has 1 aliphatic rings. The molecule has 0 aliphatic heterocycles. The molecule has 1 nitrogen and oxygen atoms in total. The summed E-state index contributed by atoms with van der Waals surface area (Å²) in [5.74, 6) is 0. The van der Waals surface area contributed by atoms with Gasteiger partial charge in [0.2, 0.25) is 0 Å². The predicted octanol–water partition coefficient (Wildman–Crippen LogP) is 4.05. The van der Waals surface area contributed by atoms with Crippen molar-refractivity contribution in [1.82, 2.24) is 5.32 Å². The molecule has 1 fully saturated rings. The van der Waals surface area contributed by atoms with Gasteiger partial charge in [-0.2, -0.15) is 0 Å². The highest BCUT2D eigenvalue weighted by Crippen LogP contribution is 2.35. The summed E-state index contributed by atoms with van der Waals surface area (Å²) >= 11 is 0. The highest BCUT2D eigenvalue weighted by atomic mass is 14.9. The van der Waals surface area contributed by atoms with Crippen LogP contribution in [0.25, 0.3) is 0 Å². The zero-order chi connectivity index (χ0) is 12.3. The molecule has 17 heavy (non-hydrogen) atoms. The smallest absolute Gasteiger partial charge is 0.0208 e. The molecule has 1 aliphatic carbocycles. The second-order valence-electron chi connectivity index (χ2n) is 6.32. The van der Waals surface area contributed by atoms with Crippen molar-refractivity contribution in [2.24, 2.45) is 5.41 Å². The molecule has 0 amide bonds. The summed E-state index contributed by atoms with van der Waals surface area (Å²) in [6, 6.07) is 9.57. The Balaban J connectivity index is 1.84. The van der Waals surface area contributed by atoms with E-state index in [0.717, 1.165) is 6.54 Å². The van der Waals surface area contributed by atoms with E-state index in [4.69, 9.17) is 0 Å².